The van der Waals surface area contributed by atoms with Gasteiger partial charge in [-0.05, 0) is 31.2 Å². The molecule has 2 aliphatic heterocycles. The Hall–Kier alpha value is -2.32. The molecule has 2 atom stereocenters. The third-order valence-corrected chi connectivity index (χ3v) is 6.95. The molecule has 4 heterocycles. The second-order valence-corrected chi connectivity index (χ2v) is 9.32. The second kappa shape index (κ2) is 7.01. The highest BCUT2D eigenvalue weighted by Gasteiger charge is 2.48. The number of aromatic nitrogens is 2. The molecule has 0 saturated carbocycles. The van der Waals surface area contributed by atoms with E-state index in [9.17, 15) is 13.2 Å². The van der Waals surface area contributed by atoms with Crippen molar-refractivity contribution in [2.45, 2.75) is 25.6 Å². The van der Waals surface area contributed by atoms with E-state index >= 15 is 0 Å². The second-order valence-electron chi connectivity index (χ2n) is 7.17. The molecule has 2 fully saturated rings. The molecule has 0 aromatic carbocycles. The standard InChI is InChI=1S/C19H22N4O3S/c1-14-5-4-6-15(21-14)11-22-9-10-23(18-13-27(25,26)12-17(18)22)19(24)16-7-2-3-8-20-16/h2-8,17-18H,9-13H2,1H3/t17-,18+/m0/s1. The van der Waals surface area contributed by atoms with E-state index in [1.54, 1.807) is 29.3 Å². The topological polar surface area (TPSA) is 83.5 Å². The molecule has 0 aliphatic carbocycles. The Balaban J connectivity index is 1.59. The van der Waals surface area contributed by atoms with Crippen LogP contribution in [-0.4, -0.2) is 70.8 Å². The molecule has 4 rings (SSSR count). The first-order chi connectivity index (χ1) is 12.9. The summed E-state index contributed by atoms with van der Waals surface area (Å²) >= 11 is 0. The first-order valence-corrected chi connectivity index (χ1v) is 10.8. The van der Waals surface area contributed by atoms with Gasteiger partial charge < -0.3 is 4.90 Å². The summed E-state index contributed by atoms with van der Waals surface area (Å²) in [4.78, 5) is 25.4. The lowest BCUT2D eigenvalue weighted by Gasteiger charge is -2.43. The lowest BCUT2D eigenvalue weighted by atomic mass is 10.0. The highest BCUT2D eigenvalue weighted by Crippen LogP contribution is 2.29. The third kappa shape index (κ3) is 3.72. The van der Waals surface area contributed by atoms with E-state index in [1.165, 1.54) is 0 Å². The van der Waals surface area contributed by atoms with E-state index in [2.05, 4.69) is 14.9 Å². The van der Waals surface area contributed by atoms with E-state index in [4.69, 9.17) is 0 Å². The number of carbonyl (C=O) groups excluding carboxylic acids is 1. The van der Waals surface area contributed by atoms with Crippen molar-refractivity contribution in [3.8, 4) is 0 Å². The van der Waals surface area contributed by atoms with Crippen molar-refractivity contribution in [1.82, 2.24) is 19.8 Å². The maximum atomic E-state index is 12.9. The molecule has 2 aromatic rings. The lowest BCUT2D eigenvalue weighted by molar-refractivity contribution is 0.0298. The normalized spacial score (nSPS) is 24.6. The molecule has 27 heavy (non-hydrogen) atoms. The number of pyridine rings is 2. The minimum absolute atomic E-state index is 0.00792. The van der Waals surface area contributed by atoms with Crippen molar-refractivity contribution in [2.75, 3.05) is 24.6 Å². The Bertz CT molecular complexity index is 948. The molecule has 1 amide bonds. The number of aryl methyl sites for hydroxylation is 1. The maximum absolute atomic E-state index is 12.9. The molecule has 0 bridgehead atoms. The van der Waals surface area contributed by atoms with Crippen molar-refractivity contribution >= 4 is 15.7 Å². The molecule has 2 aromatic heterocycles. The van der Waals surface area contributed by atoms with E-state index < -0.39 is 9.84 Å². The third-order valence-electron chi connectivity index (χ3n) is 5.25. The first-order valence-electron chi connectivity index (χ1n) is 9.02. The molecular formula is C19H22N4O3S. The average Bonchev–Trinajstić information content (AvgIpc) is 2.98. The monoisotopic (exact) mass is 386 g/mol. The Labute approximate surface area is 159 Å². The molecular weight excluding hydrogens is 364 g/mol. The Kier molecular flexibility index (Phi) is 4.69. The van der Waals surface area contributed by atoms with Gasteiger partial charge in [-0.3, -0.25) is 19.7 Å². The van der Waals surface area contributed by atoms with Gasteiger partial charge in [-0.15, -0.1) is 0 Å². The van der Waals surface area contributed by atoms with Crippen molar-refractivity contribution in [3.05, 3.63) is 59.7 Å². The largest absolute Gasteiger partial charge is 0.330 e. The van der Waals surface area contributed by atoms with Gasteiger partial charge in [0, 0.05) is 37.6 Å². The van der Waals surface area contributed by atoms with Crippen LogP contribution in [0.1, 0.15) is 21.9 Å². The number of hydrogen-bond donors (Lipinski definition) is 0. The van der Waals surface area contributed by atoms with Crippen molar-refractivity contribution < 1.29 is 13.2 Å². The summed E-state index contributed by atoms with van der Waals surface area (Å²) in [5.41, 5.74) is 2.21. The molecule has 142 valence electrons. The molecule has 2 aliphatic rings. The fraction of sp³-hybridized carbons (Fsp3) is 0.421. The van der Waals surface area contributed by atoms with Crippen LogP contribution in [0.15, 0.2) is 42.6 Å². The predicted molar refractivity (Wildman–Crippen MR) is 101 cm³/mol. The summed E-state index contributed by atoms with van der Waals surface area (Å²) in [7, 11) is -3.19. The highest BCUT2D eigenvalue weighted by molar-refractivity contribution is 7.91. The number of piperazine rings is 1. The SMILES string of the molecule is Cc1cccc(CN2CCN(C(=O)c3ccccn3)[C@@H]3CS(=O)(=O)C[C@@H]32)n1. The van der Waals surface area contributed by atoms with Gasteiger partial charge in [0.1, 0.15) is 5.69 Å². The smallest absolute Gasteiger partial charge is 0.272 e. The first kappa shape index (κ1) is 18.1. The number of carbonyl (C=O) groups is 1. The molecule has 8 heteroatoms. The summed E-state index contributed by atoms with van der Waals surface area (Å²) < 4.78 is 24.7. The zero-order valence-electron chi connectivity index (χ0n) is 15.2. The van der Waals surface area contributed by atoms with E-state index in [1.807, 2.05) is 25.1 Å². The van der Waals surface area contributed by atoms with Gasteiger partial charge in [0.2, 0.25) is 0 Å². The number of fused-ring (bicyclic) bond motifs is 1. The van der Waals surface area contributed by atoms with Crippen LogP contribution in [0.3, 0.4) is 0 Å². The van der Waals surface area contributed by atoms with Gasteiger partial charge in [-0.1, -0.05) is 12.1 Å². The molecule has 0 radical (unpaired) electrons. The number of rotatable bonds is 3. The highest BCUT2D eigenvalue weighted by atomic mass is 32.2. The summed E-state index contributed by atoms with van der Waals surface area (Å²) in [6.07, 6.45) is 1.58. The van der Waals surface area contributed by atoms with E-state index in [0.29, 0.717) is 25.3 Å². The van der Waals surface area contributed by atoms with Gasteiger partial charge in [-0.25, -0.2) is 8.42 Å². The number of amides is 1. The maximum Gasteiger partial charge on any atom is 0.272 e. The van der Waals surface area contributed by atoms with Crippen LogP contribution in [-0.2, 0) is 16.4 Å². The van der Waals surface area contributed by atoms with Crippen LogP contribution < -0.4 is 0 Å². The van der Waals surface area contributed by atoms with Crippen LogP contribution in [0.5, 0.6) is 0 Å². The number of sulfone groups is 1. The molecule has 0 spiro atoms. The van der Waals surface area contributed by atoms with Gasteiger partial charge >= 0.3 is 0 Å². The average molecular weight is 386 g/mol. The van der Waals surface area contributed by atoms with Crippen LogP contribution >= 0.6 is 0 Å². The zero-order chi connectivity index (χ0) is 19.0. The Morgan fingerprint density at radius 3 is 2.67 bits per heavy atom. The van der Waals surface area contributed by atoms with Gasteiger partial charge in [0.05, 0.1) is 23.2 Å². The van der Waals surface area contributed by atoms with Gasteiger partial charge in [-0.2, -0.15) is 0 Å². The van der Waals surface area contributed by atoms with Gasteiger partial charge in [0.25, 0.3) is 5.91 Å². The summed E-state index contributed by atoms with van der Waals surface area (Å²) in [6, 6.07) is 10.5. The summed E-state index contributed by atoms with van der Waals surface area (Å²) in [5, 5.41) is 0. The lowest BCUT2D eigenvalue weighted by Crippen LogP contribution is -2.60. The molecule has 7 nitrogen and oxygen atoms in total. The quantitative estimate of drug-likeness (QED) is 0.780. The summed E-state index contributed by atoms with van der Waals surface area (Å²) in [6.45, 7) is 3.63. The van der Waals surface area contributed by atoms with Crippen LogP contribution in [0.25, 0.3) is 0 Å². The van der Waals surface area contributed by atoms with Crippen LogP contribution in [0.2, 0.25) is 0 Å². The van der Waals surface area contributed by atoms with Crippen molar-refractivity contribution in [1.29, 1.82) is 0 Å². The predicted octanol–water partition coefficient (Wildman–Crippen LogP) is 0.909. The minimum Gasteiger partial charge on any atom is -0.330 e. The number of hydrogen-bond acceptors (Lipinski definition) is 6. The fourth-order valence-corrected chi connectivity index (χ4v) is 6.02. The molecule has 2 saturated heterocycles. The fourth-order valence-electron chi connectivity index (χ4n) is 4.01. The Morgan fingerprint density at radius 1 is 1.11 bits per heavy atom. The molecule has 0 N–H and O–H groups in total. The zero-order valence-corrected chi connectivity index (χ0v) is 16.0. The number of nitrogens with zero attached hydrogens (tertiary/aromatic N) is 4. The van der Waals surface area contributed by atoms with Crippen LogP contribution in [0.4, 0.5) is 0 Å². The van der Waals surface area contributed by atoms with E-state index in [0.717, 1.165) is 11.4 Å². The van der Waals surface area contributed by atoms with Crippen molar-refractivity contribution in [2.24, 2.45) is 0 Å². The molecule has 0 unspecified atom stereocenters. The van der Waals surface area contributed by atoms with E-state index in [-0.39, 0.29) is 29.5 Å². The minimum atomic E-state index is -3.19. The van der Waals surface area contributed by atoms with Crippen molar-refractivity contribution in [3.63, 3.8) is 0 Å². The van der Waals surface area contributed by atoms with Crippen LogP contribution in [0, 0.1) is 6.92 Å². The Morgan fingerprint density at radius 2 is 1.93 bits per heavy atom. The van der Waals surface area contributed by atoms with Gasteiger partial charge in [0.15, 0.2) is 9.84 Å². The summed E-state index contributed by atoms with van der Waals surface area (Å²) in [5.74, 6) is -0.111.